The lowest BCUT2D eigenvalue weighted by Crippen LogP contribution is -2.20. The summed E-state index contributed by atoms with van der Waals surface area (Å²) in [6.07, 6.45) is 2.41. The molecule has 0 amide bonds. The molecule has 1 N–H and O–H groups in total. The van der Waals surface area contributed by atoms with Crippen LogP contribution in [0.2, 0.25) is 0 Å². The van der Waals surface area contributed by atoms with E-state index in [1.165, 1.54) is 6.39 Å². The van der Waals surface area contributed by atoms with Crippen molar-refractivity contribution in [1.82, 2.24) is 10.3 Å². The van der Waals surface area contributed by atoms with Crippen LogP contribution in [0.25, 0.3) is 0 Å². The second kappa shape index (κ2) is 7.45. The Kier molecular flexibility index (Phi) is 6.22. The number of hydrogen-bond acceptors (Lipinski definition) is 4. The predicted octanol–water partition coefficient (Wildman–Crippen LogP) is 2.25. The van der Waals surface area contributed by atoms with E-state index in [-0.39, 0.29) is 0 Å². The quantitative estimate of drug-likeness (QED) is 0.757. The van der Waals surface area contributed by atoms with Crippen LogP contribution in [0.4, 0.5) is 0 Å². The molecule has 0 saturated carbocycles. The first-order valence-electron chi connectivity index (χ1n) is 6.24. The van der Waals surface area contributed by atoms with E-state index >= 15 is 0 Å². The van der Waals surface area contributed by atoms with Crippen LogP contribution in [0.5, 0.6) is 0 Å². The van der Waals surface area contributed by atoms with Gasteiger partial charge < -0.3 is 14.5 Å². The number of oxazole rings is 1. The fourth-order valence-electron chi connectivity index (χ4n) is 1.74. The fourth-order valence-corrected chi connectivity index (χ4v) is 1.74. The third-order valence-corrected chi connectivity index (χ3v) is 2.56. The molecule has 1 aromatic heterocycles. The molecule has 1 unspecified atom stereocenters. The predicted molar refractivity (Wildman–Crippen MR) is 67.8 cm³/mol. The van der Waals surface area contributed by atoms with Crippen molar-refractivity contribution in [3.05, 3.63) is 17.8 Å². The molecular weight excluding hydrogens is 216 g/mol. The SMILES string of the molecule is COCC(C)Cc1ocnc1CNCC(C)C. The van der Waals surface area contributed by atoms with Crippen molar-refractivity contribution < 1.29 is 9.15 Å². The van der Waals surface area contributed by atoms with Gasteiger partial charge in [-0.15, -0.1) is 0 Å². The zero-order chi connectivity index (χ0) is 12.7. The number of aromatic nitrogens is 1. The van der Waals surface area contributed by atoms with Crippen molar-refractivity contribution in [3.8, 4) is 0 Å². The molecule has 0 spiro atoms. The van der Waals surface area contributed by atoms with Gasteiger partial charge in [-0.3, -0.25) is 0 Å². The van der Waals surface area contributed by atoms with Gasteiger partial charge in [-0.05, 0) is 18.4 Å². The number of rotatable bonds is 8. The molecule has 1 aromatic rings. The van der Waals surface area contributed by atoms with E-state index in [0.29, 0.717) is 11.8 Å². The van der Waals surface area contributed by atoms with Gasteiger partial charge in [0.05, 0.1) is 5.69 Å². The Morgan fingerprint density at radius 2 is 2.18 bits per heavy atom. The van der Waals surface area contributed by atoms with Crippen molar-refractivity contribution in [2.75, 3.05) is 20.3 Å². The molecule has 0 saturated heterocycles. The Balaban J connectivity index is 2.42. The molecule has 0 radical (unpaired) electrons. The van der Waals surface area contributed by atoms with E-state index < -0.39 is 0 Å². The fraction of sp³-hybridized carbons (Fsp3) is 0.769. The van der Waals surface area contributed by atoms with Gasteiger partial charge in [0, 0.05) is 26.7 Å². The summed E-state index contributed by atoms with van der Waals surface area (Å²) in [5.41, 5.74) is 1.02. The molecule has 0 aliphatic heterocycles. The van der Waals surface area contributed by atoms with Crippen LogP contribution in [-0.2, 0) is 17.7 Å². The van der Waals surface area contributed by atoms with E-state index in [2.05, 4.69) is 31.1 Å². The number of hydrogen-bond donors (Lipinski definition) is 1. The van der Waals surface area contributed by atoms with Crippen LogP contribution in [0, 0.1) is 11.8 Å². The Labute approximate surface area is 104 Å². The molecule has 0 aromatic carbocycles. The van der Waals surface area contributed by atoms with Crippen LogP contribution in [0.1, 0.15) is 32.2 Å². The topological polar surface area (TPSA) is 47.3 Å². The summed E-state index contributed by atoms with van der Waals surface area (Å²) in [7, 11) is 1.72. The van der Waals surface area contributed by atoms with Gasteiger partial charge >= 0.3 is 0 Å². The Hall–Kier alpha value is -0.870. The van der Waals surface area contributed by atoms with E-state index in [1.807, 2.05) is 0 Å². The molecular formula is C13H24N2O2. The van der Waals surface area contributed by atoms with Gasteiger partial charge in [0.1, 0.15) is 5.76 Å². The summed E-state index contributed by atoms with van der Waals surface area (Å²) in [5, 5.41) is 3.38. The molecule has 1 atom stereocenters. The molecule has 1 rings (SSSR count). The van der Waals surface area contributed by atoms with Gasteiger partial charge in [0.25, 0.3) is 0 Å². The summed E-state index contributed by atoms with van der Waals surface area (Å²) >= 11 is 0. The minimum atomic E-state index is 0.455. The highest BCUT2D eigenvalue weighted by atomic mass is 16.5. The van der Waals surface area contributed by atoms with Gasteiger partial charge in [0.15, 0.2) is 6.39 Å². The number of nitrogens with one attached hydrogen (secondary N) is 1. The average Bonchev–Trinajstić information content (AvgIpc) is 2.65. The minimum absolute atomic E-state index is 0.455. The summed E-state index contributed by atoms with van der Waals surface area (Å²) in [4.78, 5) is 4.26. The number of methoxy groups -OCH3 is 1. The maximum atomic E-state index is 5.43. The standard InChI is InChI=1S/C13H24N2O2/c1-10(2)6-14-7-12-13(17-9-15-12)5-11(3)8-16-4/h9-11,14H,5-8H2,1-4H3. The third kappa shape index (κ3) is 5.33. The molecule has 4 nitrogen and oxygen atoms in total. The number of nitrogens with zero attached hydrogens (tertiary/aromatic N) is 1. The van der Waals surface area contributed by atoms with Crippen LogP contribution in [-0.4, -0.2) is 25.2 Å². The molecule has 1 heterocycles. The summed E-state index contributed by atoms with van der Waals surface area (Å²) in [5.74, 6) is 2.08. The molecule has 98 valence electrons. The second-order valence-corrected chi connectivity index (χ2v) is 5.01. The lowest BCUT2D eigenvalue weighted by atomic mass is 10.1. The van der Waals surface area contributed by atoms with E-state index in [0.717, 1.165) is 37.6 Å². The van der Waals surface area contributed by atoms with E-state index in [1.54, 1.807) is 7.11 Å². The van der Waals surface area contributed by atoms with Gasteiger partial charge in [-0.25, -0.2) is 4.98 Å². The maximum absolute atomic E-state index is 5.43. The second-order valence-electron chi connectivity index (χ2n) is 5.01. The molecule has 0 aliphatic rings. The first-order chi connectivity index (χ1) is 8.13. The van der Waals surface area contributed by atoms with Crippen LogP contribution in [0.15, 0.2) is 10.8 Å². The zero-order valence-corrected chi connectivity index (χ0v) is 11.3. The largest absolute Gasteiger partial charge is 0.448 e. The van der Waals surface area contributed by atoms with Gasteiger partial charge in [-0.2, -0.15) is 0 Å². The van der Waals surface area contributed by atoms with Crippen molar-refractivity contribution in [3.63, 3.8) is 0 Å². The van der Waals surface area contributed by atoms with Gasteiger partial charge in [0.2, 0.25) is 0 Å². The highest BCUT2D eigenvalue weighted by molar-refractivity contribution is 5.07. The van der Waals surface area contributed by atoms with Crippen LogP contribution >= 0.6 is 0 Å². The first-order valence-corrected chi connectivity index (χ1v) is 6.24. The third-order valence-electron chi connectivity index (χ3n) is 2.56. The summed E-state index contributed by atoms with van der Waals surface area (Å²) in [6, 6.07) is 0. The molecule has 0 fully saturated rings. The molecule has 0 bridgehead atoms. The Bertz CT molecular complexity index is 310. The van der Waals surface area contributed by atoms with Crippen molar-refractivity contribution in [2.45, 2.75) is 33.7 Å². The zero-order valence-electron chi connectivity index (χ0n) is 11.3. The van der Waals surface area contributed by atoms with E-state index in [9.17, 15) is 0 Å². The smallest absolute Gasteiger partial charge is 0.181 e. The highest BCUT2D eigenvalue weighted by Crippen LogP contribution is 2.13. The first kappa shape index (κ1) is 14.2. The highest BCUT2D eigenvalue weighted by Gasteiger charge is 2.12. The maximum Gasteiger partial charge on any atom is 0.181 e. The summed E-state index contributed by atoms with van der Waals surface area (Å²) in [6.45, 7) is 9.06. The van der Waals surface area contributed by atoms with E-state index in [4.69, 9.17) is 9.15 Å². The summed E-state index contributed by atoms with van der Waals surface area (Å²) < 4.78 is 10.6. The molecule has 17 heavy (non-hydrogen) atoms. The number of ether oxygens (including phenoxy) is 1. The minimum Gasteiger partial charge on any atom is -0.448 e. The monoisotopic (exact) mass is 240 g/mol. The average molecular weight is 240 g/mol. The lowest BCUT2D eigenvalue weighted by Gasteiger charge is -2.10. The van der Waals surface area contributed by atoms with Crippen molar-refractivity contribution in [1.29, 1.82) is 0 Å². The normalized spacial score (nSPS) is 13.2. The van der Waals surface area contributed by atoms with Crippen molar-refractivity contribution >= 4 is 0 Å². The van der Waals surface area contributed by atoms with Crippen LogP contribution in [0.3, 0.4) is 0 Å². The Morgan fingerprint density at radius 1 is 1.41 bits per heavy atom. The van der Waals surface area contributed by atoms with Gasteiger partial charge in [-0.1, -0.05) is 20.8 Å². The molecule has 4 heteroatoms. The van der Waals surface area contributed by atoms with Crippen LogP contribution < -0.4 is 5.32 Å². The molecule has 0 aliphatic carbocycles. The lowest BCUT2D eigenvalue weighted by molar-refractivity contribution is 0.156. The van der Waals surface area contributed by atoms with Crippen molar-refractivity contribution in [2.24, 2.45) is 11.8 Å². The Morgan fingerprint density at radius 3 is 2.82 bits per heavy atom.